The second-order valence-electron chi connectivity index (χ2n) is 5.90. The van der Waals surface area contributed by atoms with Crippen LogP contribution < -0.4 is 20.1 Å². The van der Waals surface area contributed by atoms with Crippen molar-refractivity contribution in [3.8, 4) is 11.5 Å². The van der Waals surface area contributed by atoms with Gasteiger partial charge in [0.1, 0.15) is 0 Å². The lowest BCUT2D eigenvalue weighted by Gasteiger charge is -2.12. The lowest BCUT2D eigenvalue weighted by Crippen LogP contribution is -2.18. The molecule has 0 heterocycles. The second-order valence-corrected chi connectivity index (χ2v) is 6.31. The number of methoxy groups -OCH3 is 1. The van der Waals surface area contributed by atoms with Crippen LogP contribution in [-0.4, -0.2) is 32.6 Å². The molecule has 2 N–H and O–H groups in total. The molecule has 0 atom stereocenters. The van der Waals surface area contributed by atoms with Crippen molar-refractivity contribution in [1.29, 1.82) is 0 Å². The fraction of sp³-hybridized carbons (Fsp3) is 0.238. The maximum atomic E-state index is 12.3. The lowest BCUT2D eigenvalue weighted by atomic mass is 10.1. The molecule has 0 aliphatic carbocycles. The third kappa shape index (κ3) is 5.27. The topological polar surface area (TPSA) is 76.7 Å². The Kier molecular flexibility index (Phi) is 7.46. The van der Waals surface area contributed by atoms with Gasteiger partial charge < -0.3 is 20.1 Å². The van der Waals surface area contributed by atoms with Gasteiger partial charge in [-0.05, 0) is 61.4 Å². The largest absolute Gasteiger partial charge is 0.491 e. The van der Waals surface area contributed by atoms with E-state index >= 15 is 0 Å². The standard InChI is InChI=1S/C21H23ClN2O4/c1-5-28-18-12-14(11-16(22)20(18)27-4)6-9-19(25)24-17-8-7-15(10-13(17)2)21(26)23-3/h6-12H,5H2,1-4H3,(H,23,26)(H,24,25). The smallest absolute Gasteiger partial charge is 0.251 e. The van der Waals surface area contributed by atoms with Gasteiger partial charge in [0.25, 0.3) is 5.91 Å². The minimum absolute atomic E-state index is 0.178. The molecule has 0 aromatic heterocycles. The Morgan fingerprint density at radius 1 is 1.21 bits per heavy atom. The Labute approximate surface area is 169 Å². The predicted molar refractivity (Wildman–Crippen MR) is 111 cm³/mol. The summed E-state index contributed by atoms with van der Waals surface area (Å²) in [6.45, 7) is 4.15. The van der Waals surface area contributed by atoms with Gasteiger partial charge in [0.05, 0.1) is 18.7 Å². The van der Waals surface area contributed by atoms with Crippen molar-refractivity contribution in [1.82, 2.24) is 5.32 Å². The van der Waals surface area contributed by atoms with E-state index in [-0.39, 0.29) is 11.8 Å². The van der Waals surface area contributed by atoms with Gasteiger partial charge in [0.15, 0.2) is 11.5 Å². The molecule has 2 aromatic carbocycles. The van der Waals surface area contributed by atoms with Gasteiger partial charge in [-0.25, -0.2) is 0 Å². The number of ether oxygens (including phenoxy) is 2. The van der Waals surface area contributed by atoms with Crippen LogP contribution in [-0.2, 0) is 4.79 Å². The van der Waals surface area contributed by atoms with E-state index in [0.717, 1.165) is 5.56 Å². The number of hydrogen-bond acceptors (Lipinski definition) is 4. The van der Waals surface area contributed by atoms with Gasteiger partial charge in [0, 0.05) is 24.4 Å². The number of carbonyl (C=O) groups is 2. The average Bonchev–Trinajstić information content (AvgIpc) is 2.67. The van der Waals surface area contributed by atoms with E-state index in [0.29, 0.717) is 39.9 Å². The van der Waals surface area contributed by atoms with Crippen LogP contribution in [0.3, 0.4) is 0 Å². The van der Waals surface area contributed by atoms with Crippen LogP contribution in [0.5, 0.6) is 11.5 Å². The minimum Gasteiger partial charge on any atom is -0.491 e. The number of anilines is 1. The van der Waals surface area contributed by atoms with Crippen molar-refractivity contribution in [3.05, 3.63) is 58.1 Å². The molecule has 0 bridgehead atoms. The number of carbonyl (C=O) groups excluding carboxylic acids is 2. The molecule has 0 unspecified atom stereocenters. The zero-order chi connectivity index (χ0) is 20.7. The summed E-state index contributed by atoms with van der Waals surface area (Å²) < 4.78 is 10.8. The number of aryl methyl sites for hydroxylation is 1. The zero-order valence-electron chi connectivity index (χ0n) is 16.3. The summed E-state index contributed by atoms with van der Waals surface area (Å²) in [5.41, 5.74) is 2.65. The summed E-state index contributed by atoms with van der Waals surface area (Å²) in [6.07, 6.45) is 3.04. The maximum absolute atomic E-state index is 12.3. The van der Waals surface area contributed by atoms with Crippen molar-refractivity contribution < 1.29 is 19.1 Å². The van der Waals surface area contributed by atoms with E-state index in [1.165, 1.54) is 13.2 Å². The van der Waals surface area contributed by atoms with Gasteiger partial charge in [-0.2, -0.15) is 0 Å². The fourth-order valence-corrected chi connectivity index (χ4v) is 2.88. The summed E-state index contributed by atoms with van der Waals surface area (Å²) in [5.74, 6) is 0.484. The van der Waals surface area contributed by atoms with Crippen molar-refractivity contribution in [2.45, 2.75) is 13.8 Å². The number of rotatable bonds is 7. The Bertz CT molecular complexity index is 910. The van der Waals surface area contributed by atoms with Gasteiger partial charge in [0.2, 0.25) is 5.91 Å². The number of amides is 2. The normalized spacial score (nSPS) is 10.6. The van der Waals surface area contributed by atoms with E-state index in [9.17, 15) is 9.59 Å². The summed E-state index contributed by atoms with van der Waals surface area (Å²) in [4.78, 5) is 23.9. The van der Waals surface area contributed by atoms with E-state index < -0.39 is 0 Å². The first-order valence-corrected chi connectivity index (χ1v) is 9.09. The van der Waals surface area contributed by atoms with Crippen molar-refractivity contribution in [3.63, 3.8) is 0 Å². The SMILES string of the molecule is CCOc1cc(C=CC(=O)Nc2ccc(C(=O)NC)cc2C)cc(Cl)c1OC. The van der Waals surface area contributed by atoms with Crippen LogP contribution in [0.15, 0.2) is 36.4 Å². The Balaban J connectivity index is 2.15. The molecule has 2 aromatic rings. The molecule has 7 heteroatoms. The van der Waals surface area contributed by atoms with Crippen molar-refractivity contribution in [2.75, 3.05) is 26.1 Å². The van der Waals surface area contributed by atoms with E-state index in [1.54, 1.807) is 43.5 Å². The monoisotopic (exact) mass is 402 g/mol. The molecule has 148 valence electrons. The molecule has 0 saturated heterocycles. The molecular weight excluding hydrogens is 380 g/mol. The van der Waals surface area contributed by atoms with Crippen LogP contribution in [0.2, 0.25) is 5.02 Å². The molecule has 0 fully saturated rings. The zero-order valence-corrected chi connectivity index (χ0v) is 17.0. The first-order chi connectivity index (χ1) is 13.4. The number of benzene rings is 2. The third-order valence-electron chi connectivity index (χ3n) is 3.94. The minimum atomic E-state index is -0.305. The second kappa shape index (κ2) is 9.80. The molecular formula is C21H23ClN2O4. The van der Waals surface area contributed by atoms with Crippen molar-refractivity contribution in [2.24, 2.45) is 0 Å². The van der Waals surface area contributed by atoms with Crippen LogP contribution in [0.1, 0.15) is 28.4 Å². The van der Waals surface area contributed by atoms with Gasteiger partial charge in [-0.1, -0.05) is 11.6 Å². The Hall–Kier alpha value is -2.99. The first-order valence-electron chi connectivity index (χ1n) is 8.71. The highest BCUT2D eigenvalue weighted by molar-refractivity contribution is 6.32. The Morgan fingerprint density at radius 2 is 1.96 bits per heavy atom. The quantitative estimate of drug-likeness (QED) is 0.684. The van der Waals surface area contributed by atoms with Crippen LogP contribution in [0.25, 0.3) is 6.08 Å². The van der Waals surface area contributed by atoms with E-state index in [1.807, 2.05) is 13.8 Å². The molecule has 0 radical (unpaired) electrons. The molecule has 0 aliphatic heterocycles. The molecule has 0 spiro atoms. The highest BCUT2D eigenvalue weighted by Crippen LogP contribution is 2.36. The maximum Gasteiger partial charge on any atom is 0.251 e. The highest BCUT2D eigenvalue weighted by Gasteiger charge is 2.11. The van der Waals surface area contributed by atoms with Crippen molar-refractivity contribution >= 4 is 35.2 Å². The van der Waals surface area contributed by atoms with Gasteiger partial charge in [-0.15, -0.1) is 0 Å². The molecule has 2 rings (SSSR count). The van der Waals surface area contributed by atoms with Crippen LogP contribution >= 0.6 is 11.6 Å². The molecule has 28 heavy (non-hydrogen) atoms. The molecule has 2 amide bonds. The average molecular weight is 403 g/mol. The predicted octanol–water partition coefficient (Wildman–Crippen LogP) is 4.07. The summed E-state index contributed by atoms with van der Waals surface area (Å²) >= 11 is 6.22. The van der Waals surface area contributed by atoms with E-state index in [4.69, 9.17) is 21.1 Å². The number of nitrogens with one attached hydrogen (secondary N) is 2. The summed E-state index contributed by atoms with van der Waals surface area (Å²) in [6, 6.07) is 8.51. The molecule has 6 nitrogen and oxygen atoms in total. The highest BCUT2D eigenvalue weighted by atomic mass is 35.5. The van der Waals surface area contributed by atoms with Gasteiger partial charge in [-0.3, -0.25) is 9.59 Å². The molecule has 0 aliphatic rings. The lowest BCUT2D eigenvalue weighted by molar-refractivity contribution is -0.111. The summed E-state index contributed by atoms with van der Waals surface area (Å²) in [7, 11) is 3.09. The third-order valence-corrected chi connectivity index (χ3v) is 4.22. The van der Waals surface area contributed by atoms with Crippen LogP contribution in [0.4, 0.5) is 5.69 Å². The number of halogens is 1. The van der Waals surface area contributed by atoms with E-state index in [2.05, 4.69) is 10.6 Å². The van der Waals surface area contributed by atoms with Crippen LogP contribution in [0, 0.1) is 6.92 Å². The fourth-order valence-electron chi connectivity index (χ4n) is 2.58. The molecule has 0 saturated carbocycles. The Morgan fingerprint density at radius 3 is 2.57 bits per heavy atom. The number of hydrogen-bond donors (Lipinski definition) is 2. The van der Waals surface area contributed by atoms with Gasteiger partial charge >= 0.3 is 0 Å². The first kappa shape index (κ1) is 21.3. The summed E-state index contributed by atoms with van der Waals surface area (Å²) in [5, 5.41) is 5.76.